The Hall–Kier alpha value is -7.42. The Bertz CT molecular complexity index is 4150. The van der Waals surface area contributed by atoms with Gasteiger partial charge in [0, 0.05) is 27.7 Å². The molecule has 1 aromatic heterocycles. The molecule has 0 amide bonds. The highest BCUT2D eigenvalue weighted by atomic mass is 16.3. The minimum absolute atomic E-state index is 0.0169. The average molecular weight is 730 g/mol. The second-order valence-corrected chi connectivity index (χ2v) is 13.2. The molecule has 11 aromatic rings. The second-order valence-electron chi connectivity index (χ2n) is 13.2. The van der Waals surface area contributed by atoms with Crippen molar-refractivity contribution < 1.29 is 26.3 Å². The number of hydrogen-bond donors (Lipinski definition) is 0. The van der Waals surface area contributed by atoms with E-state index >= 15 is 0 Å². The van der Waals surface area contributed by atoms with Crippen molar-refractivity contribution in [1.82, 2.24) is 0 Å². The van der Waals surface area contributed by atoms with Crippen molar-refractivity contribution in [3.8, 4) is 33.4 Å². The number of fused-ring (bicyclic) bond motifs is 8. The normalized spacial score (nSPS) is 15.6. The fourth-order valence-electron chi connectivity index (χ4n) is 7.42. The third-order valence-electron chi connectivity index (χ3n) is 10.0. The Balaban J connectivity index is 1.18. The van der Waals surface area contributed by atoms with Gasteiger partial charge in [0.1, 0.15) is 11.2 Å². The average Bonchev–Trinajstić information content (AvgIpc) is 3.80. The molecule has 10 aromatic carbocycles. The fourth-order valence-corrected chi connectivity index (χ4v) is 7.42. The number of para-hydroxylation sites is 2. The zero-order chi connectivity index (χ0) is 50.9. The first-order valence-electron chi connectivity index (χ1n) is 25.9. The molecule has 0 saturated heterocycles. The monoisotopic (exact) mass is 729 g/mol. The Morgan fingerprint density at radius 2 is 1.12 bits per heavy atom. The lowest BCUT2D eigenvalue weighted by Gasteiger charge is -2.28. The maximum Gasteiger partial charge on any atom is 0.136 e. The van der Waals surface area contributed by atoms with Crippen LogP contribution in [0.25, 0.3) is 87.6 Å². The summed E-state index contributed by atoms with van der Waals surface area (Å²) in [5.74, 6) is 0. The summed E-state index contributed by atoms with van der Waals surface area (Å²) in [5, 5.41) is 3.03. The van der Waals surface area contributed by atoms with Gasteiger partial charge in [-0.2, -0.15) is 0 Å². The molecule has 0 bridgehead atoms. The number of furan rings is 1. The lowest BCUT2D eigenvalue weighted by molar-refractivity contribution is 0.669. The summed E-state index contributed by atoms with van der Waals surface area (Å²) in [5.41, 5.74) is 0.481. The fraction of sp³-hybridized carbons (Fsp3) is 0. The summed E-state index contributed by atoms with van der Waals surface area (Å²) in [4.78, 5) is 1.29. The Morgan fingerprint density at radius 1 is 0.393 bits per heavy atom. The van der Waals surface area contributed by atoms with Gasteiger partial charge in [-0.3, -0.25) is 0 Å². The summed E-state index contributed by atoms with van der Waals surface area (Å²) in [6, 6.07) is 25.5. The molecular weight excluding hydrogens is 679 g/mol. The molecule has 0 N–H and O–H groups in total. The zero-order valence-corrected chi connectivity index (χ0v) is 29.3. The topological polar surface area (TPSA) is 16.4 Å². The van der Waals surface area contributed by atoms with Crippen LogP contribution in [0.15, 0.2) is 216 Å². The van der Waals surface area contributed by atoms with Crippen LogP contribution < -0.4 is 4.90 Å². The predicted octanol–water partition coefficient (Wildman–Crippen LogP) is 15.5. The van der Waals surface area contributed by atoms with E-state index in [1.807, 2.05) is 54.6 Å². The van der Waals surface area contributed by atoms with Crippen LogP contribution >= 0.6 is 0 Å². The van der Waals surface area contributed by atoms with E-state index < -0.39 is 84.6 Å². The van der Waals surface area contributed by atoms with Crippen molar-refractivity contribution in [1.29, 1.82) is 0 Å². The Kier molecular flexibility index (Phi) is 4.65. The summed E-state index contributed by atoms with van der Waals surface area (Å²) in [6.45, 7) is 0. The molecule has 2 nitrogen and oxygen atoms in total. The molecule has 11 rings (SSSR count). The van der Waals surface area contributed by atoms with E-state index in [9.17, 15) is 9.60 Å². The minimum atomic E-state index is -0.614. The lowest BCUT2D eigenvalue weighted by atomic mass is 9.93. The standard InChI is InChI=1S/C54H35NO/c1-2-12-37(13-3-1)45-16-8-10-20-51(45)55(43-31-26-38(27-32-43)49-35-41-14-4-5-15-44(41)46-17-6-7-18-47(46)49)42-29-24-36(25-30-42)40-23-22-39-28-33-53-54(50(39)34-40)48-19-9-11-21-52(48)56-53/h1-35H/i8D,9D,10D,11D,16D,19D,20D,21D,22D,26D,27D,28D,31D,32D,33D,34D. The van der Waals surface area contributed by atoms with Gasteiger partial charge < -0.3 is 9.32 Å². The van der Waals surface area contributed by atoms with Crippen LogP contribution in [-0.2, 0) is 0 Å². The molecular formula is C54H35NO. The first-order chi connectivity index (χ1) is 34.4. The van der Waals surface area contributed by atoms with E-state index in [-0.39, 0.29) is 78.5 Å². The van der Waals surface area contributed by atoms with E-state index in [0.717, 1.165) is 16.2 Å². The highest BCUT2D eigenvalue weighted by molar-refractivity contribution is 6.19. The molecule has 1 heterocycles. The van der Waals surface area contributed by atoms with Crippen LogP contribution in [0, 0.1) is 0 Å². The van der Waals surface area contributed by atoms with Gasteiger partial charge in [-0.05, 0) is 115 Å². The quantitative estimate of drug-likeness (QED) is 0.158. The first kappa shape index (κ1) is 19.8. The molecule has 0 saturated carbocycles. The van der Waals surface area contributed by atoms with Crippen molar-refractivity contribution in [3.63, 3.8) is 0 Å². The molecule has 0 aliphatic carbocycles. The number of nitrogens with zero attached hydrogens (tertiary/aromatic N) is 1. The second kappa shape index (κ2) is 13.2. The van der Waals surface area contributed by atoms with Crippen LogP contribution in [0.3, 0.4) is 0 Å². The van der Waals surface area contributed by atoms with E-state index in [2.05, 4.69) is 0 Å². The van der Waals surface area contributed by atoms with Crippen LogP contribution in [-0.4, -0.2) is 0 Å². The maximum atomic E-state index is 9.77. The summed E-state index contributed by atoms with van der Waals surface area (Å²) < 4.78 is 152. The first-order valence-corrected chi connectivity index (χ1v) is 17.9. The van der Waals surface area contributed by atoms with Crippen molar-refractivity contribution in [2.75, 3.05) is 4.90 Å². The molecule has 0 fully saturated rings. The predicted molar refractivity (Wildman–Crippen MR) is 237 cm³/mol. The van der Waals surface area contributed by atoms with Gasteiger partial charge in [-0.1, -0.05) is 157 Å². The van der Waals surface area contributed by atoms with E-state index in [0.29, 0.717) is 22.1 Å². The SMILES string of the molecule is [2H]c1c([2H])c([2H])c(N(c2ccc(-c3cc([2H])c4c([2H])c([2H])c5oc6c([2H])c([2H])c([2H])c([2H])c6c5c4c3[2H])cc2)c2c([2H])c([2H])c(-c3cc4ccccc4c4ccccc34)c([2H])c2[2H])c(-c2ccccc2)c1[2H]. The molecule has 0 aliphatic rings. The highest BCUT2D eigenvalue weighted by Crippen LogP contribution is 2.43. The van der Waals surface area contributed by atoms with Gasteiger partial charge in [0.25, 0.3) is 0 Å². The Labute approximate surface area is 347 Å². The van der Waals surface area contributed by atoms with Crippen molar-refractivity contribution in [2.45, 2.75) is 0 Å². The number of hydrogen-bond acceptors (Lipinski definition) is 2. The molecule has 262 valence electrons. The summed E-state index contributed by atoms with van der Waals surface area (Å²) >= 11 is 0. The van der Waals surface area contributed by atoms with Crippen LogP contribution in [0.5, 0.6) is 0 Å². The highest BCUT2D eigenvalue weighted by Gasteiger charge is 2.18. The zero-order valence-electron chi connectivity index (χ0n) is 45.3. The Morgan fingerprint density at radius 3 is 1.98 bits per heavy atom. The summed E-state index contributed by atoms with van der Waals surface area (Å²) in [7, 11) is 0. The van der Waals surface area contributed by atoms with Crippen LogP contribution in [0.4, 0.5) is 17.1 Å². The molecule has 0 radical (unpaired) electrons. The lowest BCUT2D eigenvalue weighted by Crippen LogP contribution is -2.11. The van der Waals surface area contributed by atoms with Crippen molar-refractivity contribution >= 4 is 71.3 Å². The maximum absolute atomic E-state index is 9.77. The molecule has 56 heavy (non-hydrogen) atoms. The van der Waals surface area contributed by atoms with Gasteiger partial charge in [-0.25, -0.2) is 0 Å². The third kappa shape index (κ3) is 5.34. The number of anilines is 3. The van der Waals surface area contributed by atoms with Crippen molar-refractivity contribution in [3.05, 3.63) is 212 Å². The van der Waals surface area contributed by atoms with Gasteiger partial charge in [-0.15, -0.1) is 0 Å². The largest absolute Gasteiger partial charge is 0.456 e. The third-order valence-corrected chi connectivity index (χ3v) is 10.0. The van der Waals surface area contributed by atoms with Crippen LogP contribution in [0.2, 0.25) is 0 Å². The number of rotatable bonds is 6. The minimum Gasteiger partial charge on any atom is -0.456 e. The molecule has 0 atom stereocenters. The van der Waals surface area contributed by atoms with Crippen LogP contribution in [0.1, 0.15) is 21.9 Å². The molecule has 0 spiro atoms. The van der Waals surface area contributed by atoms with Crippen molar-refractivity contribution in [2.24, 2.45) is 0 Å². The smallest absolute Gasteiger partial charge is 0.136 e. The van der Waals surface area contributed by atoms with E-state index in [1.165, 1.54) is 23.1 Å². The molecule has 0 aliphatic heterocycles. The summed E-state index contributed by atoms with van der Waals surface area (Å²) in [6.07, 6.45) is 0. The van der Waals surface area contributed by atoms with Gasteiger partial charge >= 0.3 is 0 Å². The molecule has 0 unspecified atom stereocenters. The van der Waals surface area contributed by atoms with Gasteiger partial charge in [0.05, 0.1) is 27.6 Å². The van der Waals surface area contributed by atoms with E-state index in [4.69, 9.17) is 16.8 Å². The molecule has 2 heteroatoms. The van der Waals surface area contributed by atoms with E-state index in [1.54, 1.807) is 42.5 Å². The van der Waals surface area contributed by atoms with Gasteiger partial charge in [0.2, 0.25) is 0 Å². The number of benzene rings is 10. The van der Waals surface area contributed by atoms with Gasteiger partial charge in [0.15, 0.2) is 0 Å².